The van der Waals surface area contributed by atoms with Crippen LogP contribution in [-0.4, -0.2) is 11.8 Å². The third-order valence-electron chi connectivity index (χ3n) is 4.45. The fourth-order valence-electron chi connectivity index (χ4n) is 3.06. The summed E-state index contributed by atoms with van der Waals surface area (Å²) in [5.41, 5.74) is 0.959. The molecule has 4 aromatic carbocycles. The van der Waals surface area contributed by atoms with Gasteiger partial charge in [-0.3, -0.25) is 4.79 Å². The predicted molar refractivity (Wildman–Crippen MR) is 110 cm³/mol. The number of fused-ring (bicyclic) bond motifs is 1. The van der Waals surface area contributed by atoms with E-state index in [9.17, 15) is 9.59 Å². The summed E-state index contributed by atoms with van der Waals surface area (Å²) in [4.78, 5) is 25.8. The first kappa shape index (κ1) is 18.0. The molecular formula is C24H15ClO3. The van der Waals surface area contributed by atoms with Gasteiger partial charge in [0.15, 0.2) is 5.78 Å². The van der Waals surface area contributed by atoms with E-state index in [4.69, 9.17) is 16.3 Å². The zero-order valence-electron chi connectivity index (χ0n) is 14.8. The van der Waals surface area contributed by atoms with Gasteiger partial charge >= 0.3 is 5.97 Å². The van der Waals surface area contributed by atoms with Crippen molar-refractivity contribution in [3.63, 3.8) is 0 Å². The van der Waals surface area contributed by atoms with E-state index in [1.807, 2.05) is 36.4 Å². The summed E-state index contributed by atoms with van der Waals surface area (Å²) in [5.74, 6) is -0.381. The quantitative estimate of drug-likeness (QED) is 0.247. The first-order chi connectivity index (χ1) is 13.6. The number of halogens is 1. The third-order valence-corrected chi connectivity index (χ3v) is 4.70. The zero-order chi connectivity index (χ0) is 19.5. The summed E-state index contributed by atoms with van der Waals surface area (Å²) in [6, 6.07) is 26.4. The Morgan fingerprint density at radius 1 is 0.679 bits per heavy atom. The number of carbonyl (C=O) groups excluding carboxylic acids is 2. The van der Waals surface area contributed by atoms with Crippen molar-refractivity contribution in [1.29, 1.82) is 0 Å². The molecule has 4 rings (SSSR count). The van der Waals surface area contributed by atoms with Gasteiger partial charge in [-0.15, -0.1) is 0 Å². The first-order valence-corrected chi connectivity index (χ1v) is 9.10. The van der Waals surface area contributed by atoms with Gasteiger partial charge in [0.1, 0.15) is 5.75 Å². The number of carbonyl (C=O) groups is 2. The maximum atomic E-state index is 12.9. The van der Waals surface area contributed by atoms with Crippen LogP contribution < -0.4 is 4.74 Å². The standard InChI is InChI=1S/C24H15ClO3/c25-18-14-12-17(13-15-18)23(26)20-9-3-4-10-21(20)24(27)28-22-11-5-7-16-6-1-2-8-19(16)22/h1-15H. The summed E-state index contributed by atoms with van der Waals surface area (Å²) in [6.07, 6.45) is 0. The van der Waals surface area contributed by atoms with Gasteiger partial charge in [-0.25, -0.2) is 4.79 Å². The molecule has 0 aliphatic heterocycles. The van der Waals surface area contributed by atoms with Crippen molar-refractivity contribution in [2.75, 3.05) is 0 Å². The SMILES string of the molecule is O=C(Oc1cccc2ccccc12)c1ccccc1C(=O)c1ccc(Cl)cc1. The normalized spacial score (nSPS) is 10.6. The molecule has 0 atom stereocenters. The van der Waals surface area contributed by atoms with E-state index in [0.29, 0.717) is 16.3 Å². The molecule has 0 N–H and O–H groups in total. The summed E-state index contributed by atoms with van der Waals surface area (Å²) in [6.45, 7) is 0. The lowest BCUT2D eigenvalue weighted by Crippen LogP contribution is -2.15. The summed E-state index contributed by atoms with van der Waals surface area (Å²) in [7, 11) is 0. The minimum Gasteiger partial charge on any atom is -0.422 e. The van der Waals surface area contributed by atoms with Crippen LogP contribution in [0.5, 0.6) is 5.75 Å². The summed E-state index contributed by atoms with van der Waals surface area (Å²) in [5, 5.41) is 2.35. The molecule has 0 spiro atoms. The molecule has 0 amide bonds. The number of hydrogen-bond acceptors (Lipinski definition) is 3. The van der Waals surface area contributed by atoms with E-state index in [0.717, 1.165) is 10.8 Å². The van der Waals surface area contributed by atoms with Crippen LogP contribution in [0.2, 0.25) is 5.02 Å². The number of esters is 1. The number of hydrogen-bond donors (Lipinski definition) is 0. The summed E-state index contributed by atoms with van der Waals surface area (Å²) < 4.78 is 5.65. The second kappa shape index (κ2) is 7.67. The molecule has 0 heterocycles. The molecule has 0 fully saturated rings. The smallest absolute Gasteiger partial charge is 0.344 e. The molecule has 3 nitrogen and oxygen atoms in total. The topological polar surface area (TPSA) is 43.4 Å². The van der Waals surface area contributed by atoms with Gasteiger partial charge in [-0.2, -0.15) is 0 Å². The van der Waals surface area contributed by atoms with Gasteiger partial charge in [-0.05, 0) is 41.8 Å². The van der Waals surface area contributed by atoms with Crippen LogP contribution in [0.15, 0.2) is 91.0 Å². The zero-order valence-corrected chi connectivity index (χ0v) is 15.5. The first-order valence-electron chi connectivity index (χ1n) is 8.73. The van der Waals surface area contributed by atoms with Crippen molar-refractivity contribution in [2.24, 2.45) is 0 Å². The van der Waals surface area contributed by atoms with Gasteiger partial charge < -0.3 is 4.74 Å². The van der Waals surface area contributed by atoms with Crippen molar-refractivity contribution in [2.45, 2.75) is 0 Å². The van der Waals surface area contributed by atoms with Gasteiger partial charge in [0.2, 0.25) is 0 Å². The Morgan fingerprint density at radius 3 is 2.11 bits per heavy atom. The molecule has 136 valence electrons. The highest BCUT2D eigenvalue weighted by molar-refractivity contribution is 6.30. The predicted octanol–water partition coefficient (Wildman–Crippen LogP) is 5.94. The lowest BCUT2D eigenvalue weighted by molar-refractivity contribution is 0.0732. The van der Waals surface area contributed by atoms with Gasteiger partial charge in [0.05, 0.1) is 5.56 Å². The van der Waals surface area contributed by atoms with E-state index in [-0.39, 0.29) is 16.9 Å². The molecule has 4 aromatic rings. The Morgan fingerprint density at radius 2 is 1.32 bits per heavy atom. The lowest BCUT2D eigenvalue weighted by Gasteiger charge is -2.11. The van der Waals surface area contributed by atoms with E-state index in [1.165, 1.54) is 0 Å². The van der Waals surface area contributed by atoms with E-state index < -0.39 is 5.97 Å². The minimum absolute atomic E-state index is 0.218. The Labute approximate surface area is 167 Å². The lowest BCUT2D eigenvalue weighted by atomic mass is 9.98. The average Bonchev–Trinajstić information content (AvgIpc) is 2.74. The fourth-order valence-corrected chi connectivity index (χ4v) is 3.18. The molecule has 4 heteroatoms. The Bertz CT molecular complexity index is 1170. The van der Waals surface area contributed by atoms with Gasteiger partial charge in [0.25, 0.3) is 0 Å². The molecular weight excluding hydrogens is 372 g/mol. The van der Waals surface area contributed by atoms with Crippen LogP contribution in [0.4, 0.5) is 0 Å². The van der Waals surface area contributed by atoms with E-state index >= 15 is 0 Å². The monoisotopic (exact) mass is 386 g/mol. The summed E-state index contributed by atoms with van der Waals surface area (Å²) >= 11 is 5.90. The molecule has 0 bridgehead atoms. The van der Waals surface area contributed by atoms with E-state index in [2.05, 4.69) is 0 Å². The van der Waals surface area contributed by atoms with Crippen molar-refractivity contribution in [3.05, 3.63) is 113 Å². The number of rotatable bonds is 4. The molecule has 0 saturated carbocycles. The van der Waals surface area contributed by atoms with Crippen molar-refractivity contribution >= 4 is 34.1 Å². The van der Waals surface area contributed by atoms with Crippen LogP contribution in [-0.2, 0) is 0 Å². The fraction of sp³-hybridized carbons (Fsp3) is 0. The highest BCUT2D eigenvalue weighted by atomic mass is 35.5. The molecule has 28 heavy (non-hydrogen) atoms. The van der Waals surface area contributed by atoms with Gasteiger partial charge in [0, 0.05) is 21.5 Å². The highest BCUT2D eigenvalue weighted by Gasteiger charge is 2.20. The van der Waals surface area contributed by atoms with Crippen LogP contribution in [0.1, 0.15) is 26.3 Å². The maximum absolute atomic E-state index is 12.9. The average molecular weight is 387 g/mol. The highest BCUT2D eigenvalue weighted by Crippen LogP contribution is 2.26. The molecule has 0 aromatic heterocycles. The Balaban J connectivity index is 1.69. The second-order valence-electron chi connectivity index (χ2n) is 6.25. The largest absolute Gasteiger partial charge is 0.422 e. The van der Waals surface area contributed by atoms with Crippen LogP contribution in [0.3, 0.4) is 0 Å². The number of ether oxygens (including phenoxy) is 1. The van der Waals surface area contributed by atoms with Gasteiger partial charge in [-0.1, -0.05) is 66.2 Å². The van der Waals surface area contributed by atoms with Crippen molar-refractivity contribution in [1.82, 2.24) is 0 Å². The number of benzene rings is 4. The van der Waals surface area contributed by atoms with Crippen LogP contribution in [0, 0.1) is 0 Å². The molecule has 0 aliphatic carbocycles. The Hall–Kier alpha value is -3.43. The van der Waals surface area contributed by atoms with Crippen LogP contribution in [0.25, 0.3) is 10.8 Å². The van der Waals surface area contributed by atoms with Crippen LogP contribution >= 0.6 is 11.6 Å². The second-order valence-corrected chi connectivity index (χ2v) is 6.68. The van der Waals surface area contributed by atoms with E-state index in [1.54, 1.807) is 54.6 Å². The number of ketones is 1. The molecule has 0 saturated heterocycles. The minimum atomic E-state index is -0.575. The van der Waals surface area contributed by atoms with Crippen molar-refractivity contribution in [3.8, 4) is 5.75 Å². The molecule has 0 unspecified atom stereocenters. The molecule has 0 radical (unpaired) electrons. The Kier molecular flexibility index (Phi) is 4.92. The third kappa shape index (κ3) is 3.53. The van der Waals surface area contributed by atoms with Crippen molar-refractivity contribution < 1.29 is 14.3 Å². The molecule has 0 aliphatic rings. The maximum Gasteiger partial charge on any atom is 0.344 e.